The smallest absolute Gasteiger partial charge is 0.0579 e. The van der Waals surface area contributed by atoms with Crippen LogP contribution in [0, 0.1) is 6.92 Å². The van der Waals surface area contributed by atoms with Gasteiger partial charge >= 0.3 is 0 Å². The molecule has 2 rings (SSSR count). The summed E-state index contributed by atoms with van der Waals surface area (Å²) in [5, 5.41) is 3.48. The summed E-state index contributed by atoms with van der Waals surface area (Å²) in [6, 6.07) is 6.61. The number of aryl methyl sites for hydroxylation is 1. The van der Waals surface area contributed by atoms with Gasteiger partial charge in [-0.15, -0.1) is 0 Å². The molecule has 0 amide bonds. The average Bonchev–Trinajstić information content (AvgIpc) is 2.26. The highest BCUT2D eigenvalue weighted by Crippen LogP contribution is 2.24. The third-order valence-corrected chi connectivity index (χ3v) is 2.91. The van der Waals surface area contributed by atoms with Crippen LogP contribution >= 0.6 is 0 Å². The number of benzene rings is 1. The minimum absolute atomic E-state index is 0.503. The van der Waals surface area contributed by atoms with Crippen LogP contribution in [0.15, 0.2) is 18.2 Å². The van der Waals surface area contributed by atoms with Gasteiger partial charge in [-0.3, -0.25) is 0 Å². The first-order valence-corrected chi connectivity index (χ1v) is 5.47. The Bertz CT molecular complexity index is 332. The number of para-hydroxylation sites is 1. The Morgan fingerprint density at radius 2 is 2.07 bits per heavy atom. The van der Waals surface area contributed by atoms with E-state index >= 15 is 0 Å². The fraction of sp³-hybridized carbons (Fsp3) is 0.500. The zero-order valence-electron chi connectivity index (χ0n) is 9.12. The Morgan fingerprint density at radius 3 is 2.80 bits per heavy atom. The number of rotatable bonds is 2. The summed E-state index contributed by atoms with van der Waals surface area (Å²) in [6.45, 7) is 3.73. The summed E-state index contributed by atoms with van der Waals surface area (Å²) in [7, 11) is 0. The number of nitrogen functional groups attached to an aromatic ring is 1. The van der Waals surface area contributed by atoms with Crippen molar-refractivity contribution in [2.45, 2.75) is 25.8 Å². The summed E-state index contributed by atoms with van der Waals surface area (Å²) < 4.78 is 5.32. The number of hydrogen-bond donors (Lipinski definition) is 2. The lowest BCUT2D eigenvalue weighted by Gasteiger charge is -2.25. The highest BCUT2D eigenvalue weighted by molar-refractivity contribution is 5.69. The van der Waals surface area contributed by atoms with E-state index in [1.54, 1.807) is 0 Å². The molecule has 1 aromatic carbocycles. The molecule has 1 saturated heterocycles. The van der Waals surface area contributed by atoms with Gasteiger partial charge in [-0.25, -0.2) is 0 Å². The van der Waals surface area contributed by atoms with Crippen LogP contribution in [0.3, 0.4) is 0 Å². The summed E-state index contributed by atoms with van der Waals surface area (Å²) in [5.74, 6) is 0. The van der Waals surface area contributed by atoms with Crippen LogP contribution in [0.2, 0.25) is 0 Å². The molecular weight excluding hydrogens is 188 g/mol. The number of hydrogen-bond acceptors (Lipinski definition) is 3. The normalized spacial score (nSPS) is 17.7. The molecule has 0 aliphatic carbocycles. The molecule has 0 atom stereocenters. The lowest BCUT2D eigenvalue weighted by Crippen LogP contribution is -2.28. The van der Waals surface area contributed by atoms with E-state index in [9.17, 15) is 0 Å². The lowest BCUT2D eigenvalue weighted by molar-refractivity contribution is 0.0904. The quantitative estimate of drug-likeness (QED) is 0.729. The topological polar surface area (TPSA) is 47.3 Å². The summed E-state index contributed by atoms with van der Waals surface area (Å²) in [4.78, 5) is 0. The van der Waals surface area contributed by atoms with Gasteiger partial charge in [-0.1, -0.05) is 12.1 Å². The molecule has 1 heterocycles. The second kappa shape index (κ2) is 4.53. The van der Waals surface area contributed by atoms with Gasteiger partial charge in [-0.05, 0) is 31.4 Å². The second-order valence-corrected chi connectivity index (χ2v) is 4.07. The van der Waals surface area contributed by atoms with E-state index in [0.29, 0.717) is 6.04 Å². The van der Waals surface area contributed by atoms with Crippen molar-refractivity contribution in [2.24, 2.45) is 0 Å². The Labute approximate surface area is 90.6 Å². The van der Waals surface area contributed by atoms with Gasteiger partial charge in [0.05, 0.1) is 11.4 Å². The monoisotopic (exact) mass is 206 g/mol. The van der Waals surface area contributed by atoms with Crippen molar-refractivity contribution >= 4 is 11.4 Å². The van der Waals surface area contributed by atoms with Crippen LogP contribution in [0.4, 0.5) is 11.4 Å². The summed E-state index contributed by atoms with van der Waals surface area (Å²) in [6.07, 6.45) is 2.13. The Morgan fingerprint density at radius 1 is 1.33 bits per heavy atom. The molecule has 0 bridgehead atoms. The molecule has 3 heteroatoms. The van der Waals surface area contributed by atoms with Crippen molar-refractivity contribution in [3.63, 3.8) is 0 Å². The zero-order valence-corrected chi connectivity index (χ0v) is 9.12. The highest BCUT2D eigenvalue weighted by atomic mass is 16.5. The van der Waals surface area contributed by atoms with E-state index in [1.807, 2.05) is 25.1 Å². The SMILES string of the molecule is Cc1cccc(NC2CCOCC2)c1N. The summed E-state index contributed by atoms with van der Waals surface area (Å²) >= 11 is 0. The first kappa shape index (κ1) is 10.3. The van der Waals surface area contributed by atoms with Crippen LogP contribution in [-0.4, -0.2) is 19.3 Å². The van der Waals surface area contributed by atoms with Gasteiger partial charge in [0.15, 0.2) is 0 Å². The fourth-order valence-electron chi connectivity index (χ4n) is 1.87. The molecule has 0 spiro atoms. The minimum atomic E-state index is 0.503. The molecular formula is C12H18N2O. The van der Waals surface area contributed by atoms with Crippen LogP contribution in [0.5, 0.6) is 0 Å². The molecule has 1 fully saturated rings. The average molecular weight is 206 g/mol. The van der Waals surface area contributed by atoms with Crippen molar-refractivity contribution in [3.8, 4) is 0 Å². The molecule has 0 unspecified atom stereocenters. The van der Waals surface area contributed by atoms with Gasteiger partial charge in [0.25, 0.3) is 0 Å². The van der Waals surface area contributed by atoms with Crippen molar-refractivity contribution in [2.75, 3.05) is 24.3 Å². The predicted octanol–water partition coefficient (Wildman–Crippen LogP) is 2.17. The molecule has 0 saturated carbocycles. The van der Waals surface area contributed by atoms with Gasteiger partial charge < -0.3 is 15.8 Å². The van der Waals surface area contributed by atoms with E-state index in [4.69, 9.17) is 10.5 Å². The Hall–Kier alpha value is -1.22. The van der Waals surface area contributed by atoms with E-state index in [1.165, 1.54) is 0 Å². The van der Waals surface area contributed by atoms with Crippen LogP contribution < -0.4 is 11.1 Å². The highest BCUT2D eigenvalue weighted by Gasteiger charge is 2.14. The molecule has 15 heavy (non-hydrogen) atoms. The molecule has 0 aromatic heterocycles. The summed E-state index contributed by atoms with van der Waals surface area (Å²) in [5.41, 5.74) is 9.06. The van der Waals surface area contributed by atoms with Gasteiger partial charge in [0, 0.05) is 19.3 Å². The zero-order chi connectivity index (χ0) is 10.7. The third-order valence-electron chi connectivity index (χ3n) is 2.91. The Balaban J connectivity index is 2.06. The number of nitrogens with one attached hydrogen (secondary N) is 1. The van der Waals surface area contributed by atoms with E-state index in [0.717, 1.165) is 43.0 Å². The van der Waals surface area contributed by atoms with Crippen LogP contribution in [0.25, 0.3) is 0 Å². The number of nitrogens with two attached hydrogens (primary N) is 1. The molecule has 3 N–H and O–H groups in total. The van der Waals surface area contributed by atoms with Gasteiger partial charge in [-0.2, -0.15) is 0 Å². The van der Waals surface area contributed by atoms with Crippen molar-refractivity contribution in [3.05, 3.63) is 23.8 Å². The standard InChI is InChI=1S/C12H18N2O/c1-9-3-2-4-11(12(9)13)14-10-5-7-15-8-6-10/h2-4,10,14H,5-8,13H2,1H3. The van der Waals surface area contributed by atoms with Crippen LogP contribution in [-0.2, 0) is 4.74 Å². The van der Waals surface area contributed by atoms with Crippen LogP contribution in [0.1, 0.15) is 18.4 Å². The first-order chi connectivity index (χ1) is 7.27. The molecule has 1 aromatic rings. The predicted molar refractivity (Wildman–Crippen MR) is 63.1 cm³/mol. The maximum atomic E-state index is 6.01. The maximum Gasteiger partial charge on any atom is 0.0579 e. The number of anilines is 2. The molecule has 0 radical (unpaired) electrons. The second-order valence-electron chi connectivity index (χ2n) is 4.07. The van der Waals surface area contributed by atoms with Crippen molar-refractivity contribution in [1.82, 2.24) is 0 Å². The number of ether oxygens (including phenoxy) is 1. The van der Waals surface area contributed by atoms with E-state index in [2.05, 4.69) is 5.32 Å². The van der Waals surface area contributed by atoms with Crippen molar-refractivity contribution < 1.29 is 4.74 Å². The largest absolute Gasteiger partial charge is 0.397 e. The minimum Gasteiger partial charge on any atom is -0.397 e. The van der Waals surface area contributed by atoms with E-state index < -0.39 is 0 Å². The molecule has 1 aliphatic rings. The molecule has 82 valence electrons. The third kappa shape index (κ3) is 2.42. The fourth-order valence-corrected chi connectivity index (χ4v) is 1.87. The Kier molecular flexibility index (Phi) is 3.11. The molecule has 3 nitrogen and oxygen atoms in total. The van der Waals surface area contributed by atoms with Gasteiger partial charge in [0.2, 0.25) is 0 Å². The maximum absolute atomic E-state index is 6.01. The lowest BCUT2D eigenvalue weighted by atomic mass is 10.1. The van der Waals surface area contributed by atoms with Gasteiger partial charge in [0.1, 0.15) is 0 Å². The van der Waals surface area contributed by atoms with E-state index in [-0.39, 0.29) is 0 Å². The van der Waals surface area contributed by atoms with Crippen molar-refractivity contribution in [1.29, 1.82) is 0 Å². The molecule has 1 aliphatic heterocycles. The first-order valence-electron chi connectivity index (χ1n) is 5.47.